The number of methoxy groups -OCH3 is 1. The quantitative estimate of drug-likeness (QED) is 0.781. The Bertz CT molecular complexity index is 806. The highest BCUT2D eigenvalue weighted by Crippen LogP contribution is 2.40. The van der Waals surface area contributed by atoms with Crippen LogP contribution in [0.1, 0.15) is 51.5 Å². The molecular weight excluding hydrogens is 326 g/mol. The van der Waals surface area contributed by atoms with Crippen LogP contribution < -0.4 is 0 Å². The smallest absolute Gasteiger partial charge is 0.328 e. The number of ether oxygens (including phenoxy) is 1. The molecule has 0 radical (unpaired) electrons. The van der Waals surface area contributed by atoms with E-state index in [-0.39, 0.29) is 17.9 Å². The first kappa shape index (κ1) is 18.2. The maximum atomic E-state index is 13.3. The molecule has 0 aliphatic carbocycles. The van der Waals surface area contributed by atoms with Crippen LogP contribution in [0, 0.1) is 20.8 Å². The fraction of sp³-hybridized carbons (Fsp3) is 0.364. The van der Waals surface area contributed by atoms with E-state index in [4.69, 9.17) is 4.74 Å². The van der Waals surface area contributed by atoms with Gasteiger partial charge in [0.2, 0.25) is 0 Å². The summed E-state index contributed by atoms with van der Waals surface area (Å²) in [4.78, 5) is 27.3. The van der Waals surface area contributed by atoms with Gasteiger partial charge >= 0.3 is 5.97 Å². The summed E-state index contributed by atoms with van der Waals surface area (Å²) < 4.78 is 4.98. The normalized spacial score (nSPS) is 19.5. The van der Waals surface area contributed by atoms with Gasteiger partial charge in [0.05, 0.1) is 13.2 Å². The van der Waals surface area contributed by atoms with Gasteiger partial charge in [-0.15, -0.1) is 0 Å². The summed E-state index contributed by atoms with van der Waals surface area (Å²) in [6.07, 6.45) is 1.37. The van der Waals surface area contributed by atoms with Crippen molar-refractivity contribution in [3.05, 3.63) is 70.3 Å². The fourth-order valence-electron chi connectivity index (χ4n) is 4.19. The zero-order valence-electron chi connectivity index (χ0n) is 15.8. The number of hydrogen-bond acceptors (Lipinski definition) is 3. The predicted octanol–water partition coefficient (Wildman–Crippen LogP) is 4.13. The van der Waals surface area contributed by atoms with Gasteiger partial charge in [0.1, 0.15) is 6.04 Å². The molecule has 0 aromatic heterocycles. The summed E-state index contributed by atoms with van der Waals surface area (Å²) in [5, 5.41) is 0. The Morgan fingerprint density at radius 2 is 1.62 bits per heavy atom. The number of benzene rings is 2. The zero-order chi connectivity index (χ0) is 18.8. The van der Waals surface area contributed by atoms with Crippen LogP contribution in [0.4, 0.5) is 0 Å². The maximum absolute atomic E-state index is 13.3. The van der Waals surface area contributed by atoms with Crippen molar-refractivity contribution in [1.82, 2.24) is 4.90 Å². The number of rotatable bonds is 3. The van der Waals surface area contributed by atoms with E-state index in [1.807, 2.05) is 18.2 Å². The molecule has 4 heteroatoms. The highest BCUT2D eigenvalue weighted by Gasteiger charge is 2.43. The molecule has 1 saturated heterocycles. The Hall–Kier alpha value is -2.62. The SMILES string of the molecule is COC(=O)[C@@H]1CC[C@@H](c2c(C)cc(C)cc2C)N1C(=O)c1ccccc1. The molecule has 1 heterocycles. The van der Waals surface area contributed by atoms with Crippen LogP contribution >= 0.6 is 0 Å². The van der Waals surface area contributed by atoms with Gasteiger partial charge in [-0.3, -0.25) is 4.79 Å². The van der Waals surface area contributed by atoms with Crippen LogP contribution in [0.5, 0.6) is 0 Å². The van der Waals surface area contributed by atoms with Crippen molar-refractivity contribution in [3.63, 3.8) is 0 Å². The first-order valence-electron chi connectivity index (χ1n) is 8.97. The van der Waals surface area contributed by atoms with Gasteiger partial charge in [0.15, 0.2) is 0 Å². The first-order valence-corrected chi connectivity index (χ1v) is 8.97. The molecule has 0 spiro atoms. The van der Waals surface area contributed by atoms with E-state index < -0.39 is 6.04 Å². The molecule has 2 atom stereocenters. The van der Waals surface area contributed by atoms with Gasteiger partial charge in [0, 0.05) is 5.56 Å². The van der Waals surface area contributed by atoms with Gasteiger partial charge < -0.3 is 9.64 Å². The van der Waals surface area contributed by atoms with Crippen molar-refractivity contribution in [2.24, 2.45) is 0 Å². The topological polar surface area (TPSA) is 46.6 Å². The number of aryl methyl sites for hydroxylation is 3. The summed E-state index contributed by atoms with van der Waals surface area (Å²) in [5.41, 5.74) is 5.25. The molecule has 2 aromatic carbocycles. The summed E-state index contributed by atoms with van der Waals surface area (Å²) in [5.74, 6) is -0.470. The molecule has 3 rings (SSSR count). The van der Waals surface area contributed by atoms with Crippen LogP contribution in [0.25, 0.3) is 0 Å². The monoisotopic (exact) mass is 351 g/mol. The minimum absolute atomic E-state index is 0.118. The van der Waals surface area contributed by atoms with E-state index in [9.17, 15) is 9.59 Å². The van der Waals surface area contributed by atoms with Crippen LogP contribution in [0.3, 0.4) is 0 Å². The van der Waals surface area contributed by atoms with Crippen molar-refractivity contribution in [2.75, 3.05) is 7.11 Å². The van der Waals surface area contributed by atoms with E-state index in [2.05, 4.69) is 32.9 Å². The lowest BCUT2D eigenvalue weighted by Gasteiger charge is -2.31. The Balaban J connectivity index is 2.07. The van der Waals surface area contributed by atoms with E-state index in [1.165, 1.54) is 12.7 Å². The molecular formula is C22H25NO3. The lowest BCUT2D eigenvalue weighted by molar-refractivity contribution is -0.145. The number of nitrogens with zero attached hydrogens (tertiary/aromatic N) is 1. The third-order valence-electron chi connectivity index (χ3n) is 5.18. The van der Waals surface area contributed by atoms with Crippen molar-refractivity contribution < 1.29 is 14.3 Å². The van der Waals surface area contributed by atoms with Gasteiger partial charge in [-0.2, -0.15) is 0 Å². The Morgan fingerprint density at radius 1 is 1.00 bits per heavy atom. The summed E-state index contributed by atoms with van der Waals surface area (Å²) >= 11 is 0. The predicted molar refractivity (Wildman–Crippen MR) is 101 cm³/mol. The molecule has 0 unspecified atom stereocenters. The van der Waals surface area contributed by atoms with E-state index in [1.54, 1.807) is 17.0 Å². The standard InChI is InChI=1S/C22H25NO3/c1-14-12-15(2)20(16(3)13-14)18-10-11-19(22(25)26-4)23(18)21(24)17-8-6-5-7-9-17/h5-9,12-13,18-19H,10-11H2,1-4H3/t18-,19-/m0/s1. The molecule has 0 saturated carbocycles. The second-order valence-corrected chi connectivity index (χ2v) is 7.02. The van der Waals surface area contributed by atoms with E-state index in [0.29, 0.717) is 12.0 Å². The number of carbonyl (C=O) groups is 2. The van der Waals surface area contributed by atoms with Crippen molar-refractivity contribution in [1.29, 1.82) is 0 Å². The molecule has 1 aliphatic heterocycles. The largest absolute Gasteiger partial charge is 0.467 e. The first-order chi connectivity index (χ1) is 12.4. The van der Waals surface area contributed by atoms with Gasteiger partial charge in [-0.1, -0.05) is 35.9 Å². The lowest BCUT2D eigenvalue weighted by atomic mass is 9.92. The van der Waals surface area contributed by atoms with Crippen molar-refractivity contribution in [3.8, 4) is 0 Å². The third-order valence-corrected chi connectivity index (χ3v) is 5.18. The molecule has 0 bridgehead atoms. The van der Waals surface area contributed by atoms with Crippen molar-refractivity contribution >= 4 is 11.9 Å². The average Bonchev–Trinajstić information content (AvgIpc) is 3.04. The van der Waals surface area contributed by atoms with Crippen molar-refractivity contribution in [2.45, 2.75) is 45.7 Å². The third kappa shape index (κ3) is 3.24. The summed E-state index contributed by atoms with van der Waals surface area (Å²) in [6.45, 7) is 6.22. The number of carbonyl (C=O) groups excluding carboxylic acids is 2. The summed E-state index contributed by atoms with van der Waals surface area (Å²) in [6, 6.07) is 12.8. The molecule has 1 fully saturated rings. The lowest BCUT2D eigenvalue weighted by Crippen LogP contribution is -2.42. The molecule has 1 amide bonds. The second-order valence-electron chi connectivity index (χ2n) is 7.02. The van der Waals surface area contributed by atoms with Gasteiger partial charge in [-0.05, 0) is 62.4 Å². The van der Waals surface area contributed by atoms with Gasteiger partial charge in [-0.25, -0.2) is 4.79 Å². The van der Waals surface area contributed by atoms with E-state index in [0.717, 1.165) is 23.1 Å². The minimum Gasteiger partial charge on any atom is -0.467 e. The molecule has 4 nitrogen and oxygen atoms in total. The Morgan fingerprint density at radius 3 is 2.19 bits per heavy atom. The number of amides is 1. The molecule has 26 heavy (non-hydrogen) atoms. The zero-order valence-corrected chi connectivity index (χ0v) is 15.8. The highest BCUT2D eigenvalue weighted by atomic mass is 16.5. The molecule has 136 valence electrons. The molecule has 0 N–H and O–H groups in total. The number of esters is 1. The molecule has 1 aliphatic rings. The van der Waals surface area contributed by atoms with Crippen LogP contribution in [-0.4, -0.2) is 29.9 Å². The minimum atomic E-state index is -0.544. The Kier molecular flexibility index (Phi) is 5.12. The molecule has 2 aromatic rings. The van der Waals surface area contributed by atoms with Gasteiger partial charge in [0.25, 0.3) is 5.91 Å². The Labute approximate surface area is 154 Å². The fourth-order valence-corrected chi connectivity index (χ4v) is 4.19. The summed E-state index contributed by atoms with van der Waals surface area (Å²) in [7, 11) is 1.38. The second kappa shape index (κ2) is 7.32. The van der Waals surface area contributed by atoms with Crippen LogP contribution in [0.2, 0.25) is 0 Å². The average molecular weight is 351 g/mol. The number of hydrogen-bond donors (Lipinski definition) is 0. The van der Waals surface area contributed by atoms with Crippen LogP contribution in [0.15, 0.2) is 42.5 Å². The van der Waals surface area contributed by atoms with E-state index >= 15 is 0 Å². The maximum Gasteiger partial charge on any atom is 0.328 e. The van der Waals surface area contributed by atoms with Crippen LogP contribution in [-0.2, 0) is 9.53 Å². The highest BCUT2D eigenvalue weighted by molar-refractivity contribution is 5.97. The number of likely N-dealkylation sites (tertiary alicyclic amines) is 1.